The standard InChI is InChI=1S/C29H35FN8O3/c1-7-37-11-16(3)41-29-25(23(14-40-6)34-36(29)5)22-10-20-26(17(4)31-22)32-33-27(20)18-8-19-24(12-37)38(15(2)13-39)35-28(19)21(30)9-18/h8-10,15-16,39H,7,11-14H2,1-6H3,(H,32,33)/t15-,16-/m0/s1. The number of aromatic nitrogens is 7. The van der Waals surface area contributed by atoms with E-state index in [9.17, 15) is 5.11 Å². The zero-order valence-electron chi connectivity index (χ0n) is 24.2. The Labute approximate surface area is 236 Å². The number of aryl methyl sites for hydroxylation is 2. The molecule has 2 atom stereocenters. The number of aliphatic hydroxyl groups is 1. The summed E-state index contributed by atoms with van der Waals surface area (Å²) in [6, 6.07) is 5.05. The van der Waals surface area contributed by atoms with E-state index in [4.69, 9.17) is 19.6 Å². The van der Waals surface area contributed by atoms with Crippen molar-refractivity contribution in [2.24, 2.45) is 7.05 Å². The molecule has 0 fully saturated rings. The van der Waals surface area contributed by atoms with Crippen LogP contribution in [0.5, 0.6) is 5.88 Å². The maximum Gasteiger partial charge on any atom is 0.221 e. The molecule has 0 saturated heterocycles. The molecule has 4 aromatic heterocycles. The third-order valence-corrected chi connectivity index (χ3v) is 7.80. The Morgan fingerprint density at radius 2 is 2.05 bits per heavy atom. The van der Waals surface area contributed by atoms with Crippen LogP contribution in [0.2, 0.25) is 0 Å². The van der Waals surface area contributed by atoms with E-state index in [1.165, 1.54) is 6.07 Å². The number of halogens is 1. The molecule has 0 spiro atoms. The zero-order valence-corrected chi connectivity index (χ0v) is 24.2. The molecule has 6 rings (SSSR count). The van der Waals surface area contributed by atoms with Gasteiger partial charge in [0.1, 0.15) is 23.0 Å². The van der Waals surface area contributed by atoms with Crippen LogP contribution in [0.3, 0.4) is 0 Å². The van der Waals surface area contributed by atoms with Gasteiger partial charge >= 0.3 is 0 Å². The lowest BCUT2D eigenvalue weighted by Crippen LogP contribution is -2.35. The summed E-state index contributed by atoms with van der Waals surface area (Å²) in [7, 11) is 3.48. The maximum atomic E-state index is 15.8. The van der Waals surface area contributed by atoms with Crippen LogP contribution in [0.25, 0.3) is 44.3 Å². The molecule has 0 radical (unpaired) electrons. The first-order valence-corrected chi connectivity index (χ1v) is 13.9. The van der Waals surface area contributed by atoms with Crippen LogP contribution in [-0.4, -0.2) is 77.7 Å². The number of nitrogens with one attached hydrogen (secondary N) is 1. The van der Waals surface area contributed by atoms with Crippen LogP contribution in [0.4, 0.5) is 4.39 Å². The van der Waals surface area contributed by atoms with Crippen LogP contribution in [0, 0.1) is 12.7 Å². The number of methoxy groups -OCH3 is 1. The van der Waals surface area contributed by atoms with Crippen molar-refractivity contribution in [3.05, 3.63) is 41.1 Å². The Balaban J connectivity index is 1.67. The quantitative estimate of drug-likeness (QED) is 0.328. The Morgan fingerprint density at radius 1 is 1.24 bits per heavy atom. The Kier molecular flexibility index (Phi) is 7.00. The Hall–Kier alpha value is -3.87. The third-order valence-electron chi connectivity index (χ3n) is 7.80. The van der Waals surface area contributed by atoms with Gasteiger partial charge in [0.05, 0.1) is 47.4 Å². The van der Waals surface area contributed by atoms with Gasteiger partial charge in [0.2, 0.25) is 5.88 Å². The van der Waals surface area contributed by atoms with Gasteiger partial charge in [0, 0.05) is 43.6 Å². The highest BCUT2D eigenvalue weighted by Gasteiger charge is 2.27. The number of benzene rings is 1. The topological polar surface area (TPSA) is 119 Å². The number of pyridine rings is 1. The van der Waals surface area contributed by atoms with Gasteiger partial charge < -0.3 is 14.6 Å². The highest BCUT2D eigenvalue weighted by Crippen LogP contribution is 2.39. The van der Waals surface area contributed by atoms with E-state index < -0.39 is 5.82 Å². The number of aliphatic hydroxyl groups excluding tert-OH is 1. The predicted octanol–water partition coefficient (Wildman–Crippen LogP) is 4.13. The lowest BCUT2D eigenvalue weighted by atomic mass is 10.0. The van der Waals surface area contributed by atoms with Crippen LogP contribution >= 0.6 is 0 Å². The van der Waals surface area contributed by atoms with E-state index in [1.54, 1.807) is 16.5 Å². The van der Waals surface area contributed by atoms with E-state index in [2.05, 4.69) is 27.1 Å². The van der Waals surface area contributed by atoms with Crippen LogP contribution in [0.15, 0.2) is 18.2 Å². The van der Waals surface area contributed by atoms with Crippen molar-refractivity contribution in [1.29, 1.82) is 0 Å². The van der Waals surface area contributed by atoms with Crippen molar-refractivity contribution in [2.45, 2.75) is 53.0 Å². The second-order valence-electron chi connectivity index (χ2n) is 10.8. The molecule has 1 aliphatic rings. The number of likely N-dealkylation sites (N-methyl/N-ethyl adjacent to an activating group) is 1. The first kappa shape index (κ1) is 27.3. The highest BCUT2D eigenvalue weighted by atomic mass is 19.1. The molecule has 0 unspecified atom stereocenters. The lowest BCUT2D eigenvalue weighted by molar-refractivity contribution is 0.133. The Morgan fingerprint density at radius 3 is 2.78 bits per heavy atom. The van der Waals surface area contributed by atoms with Crippen molar-refractivity contribution in [2.75, 3.05) is 26.8 Å². The monoisotopic (exact) mass is 562 g/mol. The normalized spacial score (nSPS) is 16.7. The molecule has 0 amide bonds. The fraction of sp³-hybridized carbons (Fsp3) is 0.448. The molecule has 5 heterocycles. The summed E-state index contributed by atoms with van der Waals surface area (Å²) in [4.78, 5) is 7.14. The van der Waals surface area contributed by atoms with Crippen LogP contribution in [-0.2, 0) is 24.9 Å². The molecule has 1 aliphatic heterocycles. The molecular formula is C29H35FN8O3. The van der Waals surface area contributed by atoms with Crippen LogP contribution < -0.4 is 4.74 Å². The number of nitrogens with zero attached hydrogens (tertiary/aromatic N) is 7. The van der Waals surface area contributed by atoms with Gasteiger partial charge in [-0.2, -0.15) is 15.3 Å². The van der Waals surface area contributed by atoms with Crippen LogP contribution in [0.1, 0.15) is 43.9 Å². The van der Waals surface area contributed by atoms with Gasteiger partial charge in [0.15, 0.2) is 5.82 Å². The summed E-state index contributed by atoms with van der Waals surface area (Å²) in [6.45, 7) is 9.87. The minimum atomic E-state index is -0.439. The second kappa shape index (κ2) is 10.5. The summed E-state index contributed by atoms with van der Waals surface area (Å²) in [5.74, 6) is 0.158. The van der Waals surface area contributed by atoms with Gasteiger partial charge in [0.25, 0.3) is 0 Å². The van der Waals surface area contributed by atoms with E-state index in [1.807, 2.05) is 40.0 Å². The van der Waals surface area contributed by atoms with Gasteiger partial charge in [-0.3, -0.25) is 19.7 Å². The first-order chi connectivity index (χ1) is 19.7. The lowest BCUT2D eigenvalue weighted by Gasteiger charge is -2.26. The van der Waals surface area contributed by atoms with Crippen molar-refractivity contribution >= 4 is 21.8 Å². The zero-order chi connectivity index (χ0) is 29.0. The molecule has 216 valence electrons. The summed E-state index contributed by atoms with van der Waals surface area (Å²) >= 11 is 0. The number of ether oxygens (including phenoxy) is 2. The van der Waals surface area contributed by atoms with Crippen molar-refractivity contribution < 1.29 is 19.0 Å². The van der Waals surface area contributed by atoms with Gasteiger partial charge in [-0.15, -0.1) is 0 Å². The summed E-state index contributed by atoms with van der Waals surface area (Å²) in [5, 5.41) is 28.6. The molecule has 11 nitrogen and oxygen atoms in total. The van der Waals surface area contributed by atoms with Gasteiger partial charge in [-0.1, -0.05) is 6.92 Å². The fourth-order valence-electron chi connectivity index (χ4n) is 5.77. The predicted molar refractivity (Wildman–Crippen MR) is 153 cm³/mol. The first-order valence-electron chi connectivity index (χ1n) is 13.9. The summed E-state index contributed by atoms with van der Waals surface area (Å²) in [6.07, 6.45) is -0.218. The van der Waals surface area contributed by atoms with E-state index in [0.29, 0.717) is 47.0 Å². The molecule has 0 saturated carbocycles. The average molecular weight is 563 g/mol. The fourth-order valence-corrected chi connectivity index (χ4v) is 5.77. The molecule has 1 aromatic carbocycles. The largest absolute Gasteiger partial charge is 0.473 e. The number of aromatic amines is 1. The van der Waals surface area contributed by atoms with Crippen molar-refractivity contribution in [3.8, 4) is 28.4 Å². The number of hydrogen-bond donors (Lipinski definition) is 2. The van der Waals surface area contributed by atoms with Gasteiger partial charge in [-0.05, 0) is 45.5 Å². The number of fused-ring (bicyclic) bond motifs is 5. The average Bonchev–Trinajstić information content (AvgIpc) is 3.62. The molecule has 41 heavy (non-hydrogen) atoms. The van der Waals surface area contributed by atoms with Crippen molar-refractivity contribution in [1.82, 2.24) is 39.6 Å². The number of rotatable bonds is 5. The van der Waals surface area contributed by atoms with Crippen molar-refractivity contribution in [3.63, 3.8) is 0 Å². The maximum absolute atomic E-state index is 15.8. The molecule has 12 heteroatoms. The third kappa shape index (κ3) is 4.55. The molecule has 2 N–H and O–H groups in total. The molecule has 0 aliphatic carbocycles. The van der Waals surface area contributed by atoms with E-state index in [0.717, 1.165) is 34.4 Å². The minimum absolute atomic E-state index is 0.118. The smallest absolute Gasteiger partial charge is 0.221 e. The number of H-pyrrole nitrogens is 1. The Bertz CT molecular complexity index is 1760. The van der Waals surface area contributed by atoms with Gasteiger partial charge in [-0.25, -0.2) is 9.07 Å². The summed E-state index contributed by atoms with van der Waals surface area (Å²) < 4.78 is 31.3. The van der Waals surface area contributed by atoms with E-state index in [-0.39, 0.29) is 30.9 Å². The highest BCUT2D eigenvalue weighted by molar-refractivity contribution is 5.98. The number of hydrogen-bond acceptors (Lipinski definition) is 8. The second-order valence-corrected chi connectivity index (χ2v) is 10.8. The molecule has 4 bridgehead atoms. The summed E-state index contributed by atoms with van der Waals surface area (Å²) in [5.41, 5.74) is 5.99. The minimum Gasteiger partial charge on any atom is -0.473 e. The molecular weight excluding hydrogens is 527 g/mol. The van der Waals surface area contributed by atoms with E-state index >= 15 is 4.39 Å². The SMILES string of the molecule is CCN1Cc2c3cc(cc(F)c3nn2[C@@H](C)CO)-c2n[nH]c3c(C)nc(cc23)-c2c(COC)nn(C)c2O[C@@H](C)C1. The molecule has 5 aromatic rings.